The van der Waals surface area contributed by atoms with Crippen LogP contribution in [-0.4, -0.2) is 30.3 Å². The van der Waals surface area contributed by atoms with Gasteiger partial charge in [-0.25, -0.2) is 0 Å². The summed E-state index contributed by atoms with van der Waals surface area (Å²) in [6.45, 7) is 2.90. The van der Waals surface area contributed by atoms with Crippen LogP contribution in [0.15, 0.2) is 10.6 Å². The monoisotopic (exact) mass is 281 g/mol. The van der Waals surface area contributed by atoms with E-state index in [1.807, 2.05) is 0 Å². The van der Waals surface area contributed by atoms with Crippen LogP contribution in [0.25, 0.3) is 0 Å². The van der Waals surface area contributed by atoms with Crippen LogP contribution in [0, 0.1) is 5.92 Å². The van der Waals surface area contributed by atoms with Crippen molar-refractivity contribution >= 4 is 5.91 Å². The minimum Gasteiger partial charge on any atom is -0.377 e. The molecule has 2 atom stereocenters. The molecule has 3 N–H and O–H groups in total. The maximum atomic E-state index is 12.3. The van der Waals surface area contributed by atoms with Gasteiger partial charge in [-0.05, 0) is 18.8 Å². The highest BCUT2D eigenvalue weighted by Gasteiger charge is 2.38. The van der Waals surface area contributed by atoms with Crippen molar-refractivity contribution in [2.24, 2.45) is 11.7 Å². The van der Waals surface area contributed by atoms with E-state index >= 15 is 0 Å². The first-order valence-corrected chi connectivity index (χ1v) is 7.08. The molecule has 0 bridgehead atoms. The number of nitrogens with one attached hydrogen (secondary N) is 1. The van der Waals surface area contributed by atoms with Crippen molar-refractivity contribution in [1.29, 1.82) is 0 Å². The Morgan fingerprint density at radius 1 is 1.65 bits per heavy atom. The lowest BCUT2D eigenvalue weighted by Gasteiger charge is -2.42. The van der Waals surface area contributed by atoms with Crippen LogP contribution in [0.4, 0.5) is 0 Å². The van der Waals surface area contributed by atoms with E-state index in [9.17, 15) is 4.79 Å². The molecule has 1 aliphatic rings. The van der Waals surface area contributed by atoms with Crippen LogP contribution in [0.3, 0.4) is 0 Å². The highest BCUT2D eigenvalue weighted by atomic mass is 16.5. The summed E-state index contributed by atoms with van der Waals surface area (Å²) in [5.74, 6) is 0.682. The fraction of sp³-hybridized carbons (Fsp3) is 0.714. The SMILES string of the molecule is COCc1cc(C(=O)NC2(CN)CCCCC2C)no1. The van der Waals surface area contributed by atoms with Crippen molar-refractivity contribution in [3.8, 4) is 0 Å². The molecule has 1 aromatic rings. The standard InChI is InChI=1S/C14H23N3O3/c1-10-5-3-4-6-14(10,9-15)16-13(18)12-7-11(8-19-2)20-17-12/h7,10H,3-6,8-9,15H2,1-2H3,(H,16,18). The van der Waals surface area contributed by atoms with E-state index in [1.54, 1.807) is 13.2 Å². The first kappa shape index (κ1) is 15.0. The van der Waals surface area contributed by atoms with Crippen molar-refractivity contribution in [1.82, 2.24) is 10.5 Å². The van der Waals surface area contributed by atoms with Gasteiger partial charge in [-0.1, -0.05) is 24.9 Å². The summed E-state index contributed by atoms with van der Waals surface area (Å²) in [5.41, 5.74) is 5.89. The second kappa shape index (κ2) is 6.37. The number of hydrogen-bond donors (Lipinski definition) is 2. The molecule has 0 radical (unpaired) electrons. The molecule has 1 amide bonds. The van der Waals surface area contributed by atoms with Crippen LogP contribution in [0.5, 0.6) is 0 Å². The number of nitrogens with zero attached hydrogens (tertiary/aromatic N) is 1. The van der Waals surface area contributed by atoms with Gasteiger partial charge in [0.25, 0.3) is 5.91 Å². The molecule has 0 aromatic carbocycles. The van der Waals surface area contributed by atoms with Crippen molar-refractivity contribution < 1.29 is 14.1 Å². The van der Waals surface area contributed by atoms with E-state index in [0.29, 0.717) is 24.8 Å². The lowest BCUT2D eigenvalue weighted by atomic mass is 9.73. The Bertz CT molecular complexity index is 460. The molecule has 0 spiro atoms. The molecule has 1 fully saturated rings. The van der Waals surface area contributed by atoms with Crippen LogP contribution < -0.4 is 11.1 Å². The minimum absolute atomic E-state index is 0.227. The molecule has 20 heavy (non-hydrogen) atoms. The fourth-order valence-corrected chi connectivity index (χ4v) is 2.87. The van der Waals surface area contributed by atoms with E-state index in [1.165, 1.54) is 6.42 Å². The molecular formula is C14H23N3O3. The first-order valence-electron chi connectivity index (χ1n) is 7.08. The van der Waals surface area contributed by atoms with E-state index in [4.69, 9.17) is 15.0 Å². The summed E-state index contributed by atoms with van der Waals surface area (Å²) in [4.78, 5) is 12.3. The third kappa shape index (κ3) is 3.02. The fourth-order valence-electron chi connectivity index (χ4n) is 2.87. The number of carbonyl (C=O) groups excluding carboxylic acids is 1. The molecule has 112 valence electrons. The Morgan fingerprint density at radius 3 is 3.10 bits per heavy atom. The van der Waals surface area contributed by atoms with Gasteiger partial charge in [-0.15, -0.1) is 0 Å². The summed E-state index contributed by atoms with van der Waals surface area (Å²) in [7, 11) is 1.56. The van der Waals surface area contributed by atoms with Crippen molar-refractivity contribution in [2.75, 3.05) is 13.7 Å². The summed E-state index contributed by atoms with van der Waals surface area (Å²) >= 11 is 0. The number of aromatic nitrogens is 1. The molecular weight excluding hydrogens is 258 g/mol. The predicted octanol–water partition coefficient (Wildman–Crippen LogP) is 1.46. The number of hydrogen-bond acceptors (Lipinski definition) is 5. The van der Waals surface area contributed by atoms with Gasteiger partial charge >= 0.3 is 0 Å². The van der Waals surface area contributed by atoms with E-state index in [0.717, 1.165) is 19.3 Å². The summed E-state index contributed by atoms with van der Waals surface area (Å²) in [5, 5.41) is 6.86. The minimum atomic E-state index is -0.324. The number of rotatable bonds is 5. The Kier molecular flexibility index (Phi) is 4.77. The third-order valence-electron chi connectivity index (χ3n) is 4.26. The largest absolute Gasteiger partial charge is 0.377 e. The number of amides is 1. The van der Waals surface area contributed by atoms with E-state index in [2.05, 4.69) is 17.4 Å². The van der Waals surface area contributed by atoms with Crippen molar-refractivity contribution in [3.05, 3.63) is 17.5 Å². The van der Waals surface area contributed by atoms with E-state index in [-0.39, 0.29) is 17.1 Å². The third-order valence-corrected chi connectivity index (χ3v) is 4.26. The number of ether oxygens (including phenoxy) is 1. The van der Waals surface area contributed by atoms with Crippen LogP contribution >= 0.6 is 0 Å². The zero-order valence-corrected chi connectivity index (χ0v) is 12.1. The van der Waals surface area contributed by atoms with E-state index < -0.39 is 0 Å². The normalized spacial score (nSPS) is 26.4. The number of carbonyl (C=O) groups is 1. The molecule has 1 saturated carbocycles. The van der Waals surface area contributed by atoms with Crippen LogP contribution in [-0.2, 0) is 11.3 Å². The average molecular weight is 281 g/mol. The Balaban J connectivity index is 2.08. The molecule has 1 heterocycles. The maximum Gasteiger partial charge on any atom is 0.273 e. The van der Waals surface area contributed by atoms with Gasteiger partial charge in [0.1, 0.15) is 6.61 Å². The van der Waals surface area contributed by atoms with Crippen molar-refractivity contribution in [2.45, 2.75) is 44.8 Å². The Labute approximate surface area is 119 Å². The van der Waals surface area contributed by atoms with Gasteiger partial charge in [0, 0.05) is 19.7 Å². The molecule has 6 nitrogen and oxygen atoms in total. The molecule has 0 aliphatic heterocycles. The lowest BCUT2D eigenvalue weighted by Crippen LogP contribution is -2.59. The Hall–Kier alpha value is -1.40. The lowest BCUT2D eigenvalue weighted by molar-refractivity contribution is 0.0803. The summed E-state index contributed by atoms with van der Waals surface area (Å²) in [6, 6.07) is 1.61. The smallest absolute Gasteiger partial charge is 0.273 e. The van der Waals surface area contributed by atoms with Gasteiger partial charge < -0.3 is 20.3 Å². The van der Waals surface area contributed by atoms with Gasteiger partial charge in [-0.2, -0.15) is 0 Å². The second-order valence-corrected chi connectivity index (χ2v) is 5.57. The molecule has 1 aromatic heterocycles. The van der Waals surface area contributed by atoms with Gasteiger partial charge in [0.2, 0.25) is 0 Å². The summed E-state index contributed by atoms with van der Waals surface area (Å²) < 4.78 is 9.99. The highest BCUT2D eigenvalue weighted by molar-refractivity contribution is 5.92. The predicted molar refractivity (Wildman–Crippen MR) is 74.1 cm³/mol. The average Bonchev–Trinajstić information content (AvgIpc) is 2.91. The Morgan fingerprint density at radius 2 is 2.45 bits per heavy atom. The van der Waals surface area contributed by atoms with Gasteiger partial charge in [-0.3, -0.25) is 4.79 Å². The summed E-state index contributed by atoms with van der Waals surface area (Å²) in [6.07, 6.45) is 4.29. The van der Waals surface area contributed by atoms with Gasteiger partial charge in [0.15, 0.2) is 11.5 Å². The zero-order valence-electron chi connectivity index (χ0n) is 12.1. The quantitative estimate of drug-likeness (QED) is 0.852. The molecule has 6 heteroatoms. The zero-order chi connectivity index (χ0) is 14.6. The molecule has 2 unspecified atom stereocenters. The topological polar surface area (TPSA) is 90.4 Å². The van der Waals surface area contributed by atoms with Crippen molar-refractivity contribution in [3.63, 3.8) is 0 Å². The number of methoxy groups -OCH3 is 1. The maximum absolute atomic E-state index is 12.3. The second-order valence-electron chi connectivity index (χ2n) is 5.57. The van der Waals surface area contributed by atoms with Crippen LogP contribution in [0.2, 0.25) is 0 Å². The first-order chi connectivity index (χ1) is 9.61. The molecule has 2 rings (SSSR count). The van der Waals surface area contributed by atoms with Crippen LogP contribution in [0.1, 0.15) is 48.9 Å². The molecule has 0 saturated heterocycles. The number of nitrogens with two attached hydrogens (primary N) is 1. The molecule has 1 aliphatic carbocycles. The van der Waals surface area contributed by atoms with Gasteiger partial charge in [0.05, 0.1) is 5.54 Å². The highest BCUT2D eigenvalue weighted by Crippen LogP contribution is 2.33.